The molecule has 3 nitrogen and oxygen atoms in total. The Morgan fingerprint density at radius 1 is 0.828 bits per heavy atom. The van der Waals surface area contributed by atoms with E-state index in [9.17, 15) is 4.79 Å². The second-order valence-corrected chi connectivity index (χ2v) is 8.72. The van der Waals surface area contributed by atoms with Crippen molar-refractivity contribution in [1.82, 2.24) is 0 Å². The Bertz CT molecular complexity index is 869. The van der Waals surface area contributed by atoms with Gasteiger partial charge in [-0.1, -0.05) is 17.7 Å². The molecule has 4 rings (SSSR count). The second kappa shape index (κ2) is 9.08. The van der Waals surface area contributed by atoms with Gasteiger partial charge in [-0.15, -0.1) is 12.6 Å². The van der Waals surface area contributed by atoms with Gasteiger partial charge in [0, 0.05) is 10.8 Å². The summed E-state index contributed by atoms with van der Waals surface area (Å²) in [5.41, 5.74) is 2.70. The summed E-state index contributed by atoms with van der Waals surface area (Å²) < 4.78 is 11.9. The lowest BCUT2D eigenvalue weighted by molar-refractivity contribution is -0.140. The van der Waals surface area contributed by atoms with Crippen LogP contribution >= 0.6 is 12.6 Å². The van der Waals surface area contributed by atoms with E-state index in [1.807, 2.05) is 24.3 Å². The summed E-state index contributed by atoms with van der Waals surface area (Å²) in [6.07, 6.45) is 7.18. The molecule has 0 radical (unpaired) electrons. The largest absolute Gasteiger partial charge is 0.461 e. The smallest absolute Gasteiger partial charge is 0.314 e. The van der Waals surface area contributed by atoms with Crippen LogP contribution in [-0.2, 0) is 4.79 Å². The van der Waals surface area contributed by atoms with E-state index in [4.69, 9.17) is 9.47 Å². The number of benzene rings is 2. The fourth-order valence-electron chi connectivity index (χ4n) is 4.08. The van der Waals surface area contributed by atoms with Crippen LogP contribution in [0.3, 0.4) is 0 Å². The van der Waals surface area contributed by atoms with Crippen molar-refractivity contribution in [3.8, 4) is 11.5 Å². The molecule has 2 aliphatic rings. The van der Waals surface area contributed by atoms with E-state index in [2.05, 4.69) is 31.7 Å². The van der Waals surface area contributed by atoms with Crippen LogP contribution in [0, 0.1) is 18.8 Å². The van der Waals surface area contributed by atoms with Crippen molar-refractivity contribution >= 4 is 18.6 Å². The van der Waals surface area contributed by atoms with E-state index in [1.165, 1.54) is 17.6 Å². The topological polar surface area (TPSA) is 35.5 Å². The minimum Gasteiger partial charge on any atom is -0.461 e. The summed E-state index contributed by atoms with van der Waals surface area (Å²) in [4.78, 5) is 13.4. The van der Waals surface area contributed by atoms with E-state index in [0.29, 0.717) is 11.7 Å². The molecule has 2 aliphatic carbocycles. The third-order valence-corrected chi connectivity index (χ3v) is 6.34. The molecule has 2 aromatic carbocycles. The predicted octanol–water partition coefficient (Wildman–Crippen LogP) is 6.51. The monoisotopic (exact) mass is 408 g/mol. The van der Waals surface area contributed by atoms with Gasteiger partial charge in [0.25, 0.3) is 0 Å². The summed E-state index contributed by atoms with van der Waals surface area (Å²) >= 11 is 4.27. The van der Waals surface area contributed by atoms with Crippen molar-refractivity contribution in [2.45, 2.75) is 56.8 Å². The van der Waals surface area contributed by atoms with Crippen molar-refractivity contribution in [2.75, 3.05) is 0 Å². The summed E-state index contributed by atoms with van der Waals surface area (Å²) in [6.45, 7) is 2.09. The third kappa shape index (κ3) is 5.05. The number of hydrogen-bond donors (Lipinski definition) is 1. The lowest BCUT2D eigenvalue weighted by Gasteiger charge is -2.32. The maximum absolute atomic E-state index is 12.6. The molecule has 2 saturated carbocycles. The van der Waals surface area contributed by atoms with Gasteiger partial charge in [-0.25, -0.2) is 0 Å². The minimum absolute atomic E-state index is 0.0334. The van der Waals surface area contributed by atoms with Gasteiger partial charge in [0.2, 0.25) is 0 Å². The molecule has 0 bridgehead atoms. The van der Waals surface area contributed by atoms with Crippen LogP contribution in [0.15, 0.2) is 64.8 Å². The molecule has 0 amide bonds. The number of thiol groups is 1. The Hall–Kier alpha value is -2.20. The van der Waals surface area contributed by atoms with Gasteiger partial charge in [-0.2, -0.15) is 0 Å². The van der Waals surface area contributed by atoms with Crippen molar-refractivity contribution in [1.29, 1.82) is 0 Å². The van der Waals surface area contributed by atoms with E-state index >= 15 is 0 Å². The van der Waals surface area contributed by atoms with Crippen LogP contribution in [0.25, 0.3) is 0 Å². The molecule has 29 heavy (non-hydrogen) atoms. The Labute approximate surface area is 178 Å². The van der Waals surface area contributed by atoms with Gasteiger partial charge in [-0.05, 0) is 93.8 Å². The average Bonchev–Trinajstić information content (AvgIpc) is 2.69. The Morgan fingerprint density at radius 3 is 1.97 bits per heavy atom. The number of esters is 1. The first-order chi connectivity index (χ1) is 14.1. The first-order valence-electron chi connectivity index (χ1n) is 10.6. The SMILES string of the molecule is Cc1ccc(OC(=C2CCC2)C2CCC(C(=O)Oc3ccc(S)cc3)CC2)cc1. The van der Waals surface area contributed by atoms with Gasteiger partial charge in [0.1, 0.15) is 17.3 Å². The fourth-order valence-corrected chi connectivity index (χ4v) is 4.23. The van der Waals surface area contributed by atoms with Crippen LogP contribution in [0.4, 0.5) is 0 Å². The molecule has 0 spiro atoms. The van der Waals surface area contributed by atoms with Gasteiger partial charge in [-0.3, -0.25) is 4.79 Å². The lowest BCUT2D eigenvalue weighted by atomic mass is 9.77. The molecule has 0 heterocycles. The minimum atomic E-state index is -0.118. The quantitative estimate of drug-likeness (QED) is 0.265. The van der Waals surface area contributed by atoms with Crippen molar-refractivity contribution in [2.24, 2.45) is 11.8 Å². The lowest BCUT2D eigenvalue weighted by Crippen LogP contribution is -2.28. The average molecular weight is 409 g/mol. The number of rotatable bonds is 5. The molecule has 0 saturated heterocycles. The van der Waals surface area contributed by atoms with E-state index in [0.717, 1.165) is 54.9 Å². The maximum Gasteiger partial charge on any atom is 0.314 e. The number of carbonyl (C=O) groups is 1. The van der Waals surface area contributed by atoms with Crippen molar-refractivity contribution in [3.05, 3.63) is 65.4 Å². The molecule has 2 fully saturated rings. The molecule has 0 aliphatic heterocycles. The summed E-state index contributed by atoms with van der Waals surface area (Å²) in [6, 6.07) is 15.5. The summed E-state index contributed by atoms with van der Waals surface area (Å²) in [7, 11) is 0. The molecule has 0 N–H and O–H groups in total. The zero-order valence-corrected chi connectivity index (χ0v) is 17.8. The number of hydrogen-bond acceptors (Lipinski definition) is 4. The molecular formula is C25H28O3S. The maximum atomic E-state index is 12.6. The second-order valence-electron chi connectivity index (χ2n) is 8.20. The van der Waals surface area contributed by atoms with Crippen LogP contribution in [0.1, 0.15) is 50.5 Å². The molecule has 0 atom stereocenters. The number of carbonyl (C=O) groups excluding carboxylic acids is 1. The first-order valence-corrected chi connectivity index (χ1v) is 11.0. The van der Waals surface area contributed by atoms with Crippen LogP contribution in [-0.4, -0.2) is 5.97 Å². The zero-order valence-electron chi connectivity index (χ0n) is 16.9. The molecule has 0 aromatic heterocycles. The first kappa shape index (κ1) is 20.1. The highest BCUT2D eigenvalue weighted by Gasteiger charge is 2.32. The summed E-state index contributed by atoms with van der Waals surface area (Å²) in [5, 5.41) is 0. The fraction of sp³-hybridized carbons (Fsp3) is 0.400. The third-order valence-electron chi connectivity index (χ3n) is 6.04. The van der Waals surface area contributed by atoms with E-state index in [1.54, 1.807) is 12.1 Å². The van der Waals surface area contributed by atoms with Crippen LogP contribution < -0.4 is 9.47 Å². The zero-order chi connectivity index (χ0) is 20.2. The highest BCUT2D eigenvalue weighted by atomic mass is 32.1. The standard InChI is InChI=1S/C25H28O3S/c1-17-5-11-21(12-6-17)27-24(18-3-2-4-18)19-7-9-20(10-8-19)25(26)28-22-13-15-23(29)16-14-22/h5-6,11-16,19-20,29H,2-4,7-10H2,1H3. The Kier molecular flexibility index (Phi) is 6.29. The molecule has 2 aromatic rings. The van der Waals surface area contributed by atoms with Gasteiger partial charge < -0.3 is 9.47 Å². The van der Waals surface area contributed by atoms with E-state index in [-0.39, 0.29) is 11.9 Å². The predicted molar refractivity (Wildman–Crippen MR) is 117 cm³/mol. The van der Waals surface area contributed by atoms with Gasteiger partial charge in [0.15, 0.2) is 0 Å². The van der Waals surface area contributed by atoms with Gasteiger partial charge in [0.05, 0.1) is 5.92 Å². The van der Waals surface area contributed by atoms with Gasteiger partial charge >= 0.3 is 5.97 Å². The van der Waals surface area contributed by atoms with E-state index < -0.39 is 0 Å². The number of ether oxygens (including phenoxy) is 2. The highest BCUT2D eigenvalue weighted by molar-refractivity contribution is 7.80. The van der Waals surface area contributed by atoms with Crippen molar-refractivity contribution in [3.63, 3.8) is 0 Å². The van der Waals surface area contributed by atoms with Crippen molar-refractivity contribution < 1.29 is 14.3 Å². The number of allylic oxidation sites excluding steroid dienone is 2. The highest BCUT2D eigenvalue weighted by Crippen LogP contribution is 2.40. The molecule has 0 unspecified atom stereocenters. The van der Waals surface area contributed by atoms with Crippen LogP contribution in [0.2, 0.25) is 0 Å². The Balaban J connectivity index is 1.37. The number of aryl methyl sites for hydroxylation is 1. The Morgan fingerprint density at radius 2 is 1.38 bits per heavy atom. The normalized spacial score (nSPS) is 21.2. The van der Waals surface area contributed by atoms with Crippen LogP contribution in [0.5, 0.6) is 11.5 Å². The summed E-state index contributed by atoms with van der Waals surface area (Å²) in [5.74, 6) is 2.92. The molecule has 4 heteroatoms. The molecule has 152 valence electrons. The molecular weight excluding hydrogens is 380 g/mol.